The monoisotopic (exact) mass is 279 g/mol. The molecule has 4 nitrogen and oxygen atoms in total. The van der Waals surface area contributed by atoms with Gasteiger partial charge in [0.15, 0.2) is 4.77 Å². The molecule has 0 aliphatic heterocycles. The molecule has 0 amide bonds. The minimum Gasteiger partial charge on any atom is -0.494 e. The van der Waals surface area contributed by atoms with Gasteiger partial charge in [-0.05, 0) is 52.3 Å². The van der Waals surface area contributed by atoms with Gasteiger partial charge < -0.3 is 19.2 Å². The number of ether oxygens (including phenoxy) is 1. The van der Waals surface area contributed by atoms with Gasteiger partial charge in [0.1, 0.15) is 11.3 Å². The summed E-state index contributed by atoms with van der Waals surface area (Å²) >= 11 is 5.45. The second kappa shape index (κ2) is 4.98. The molecule has 0 saturated heterocycles. The van der Waals surface area contributed by atoms with Crippen molar-refractivity contribution >= 4 is 23.3 Å². The molecule has 2 rings (SSSR count). The first kappa shape index (κ1) is 14.1. The van der Waals surface area contributed by atoms with Crippen molar-refractivity contribution in [2.45, 2.75) is 25.9 Å². The van der Waals surface area contributed by atoms with Crippen LogP contribution in [0.15, 0.2) is 18.2 Å². The number of methoxy groups -OCH3 is 1. The van der Waals surface area contributed by atoms with Gasteiger partial charge in [0.25, 0.3) is 0 Å². The minimum atomic E-state index is 0.0242. The van der Waals surface area contributed by atoms with Crippen LogP contribution in [-0.2, 0) is 6.54 Å². The Morgan fingerprint density at radius 3 is 2.63 bits per heavy atom. The predicted octanol–water partition coefficient (Wildman–Crippen LogP) is 3.05. The second-order valence-corrected chi connectivity index (χ2v) is 5.96. The third-order valence-corrected chi connectivity index (χ3v) is 4.07. The molecule has 0 aliphatic carbocycles. The molecular weight excluding hydrogens is 258 g/mol. The van der Waals surface area contributed by atoms with Crippen LogP contribution in [0.5, 0.6) is 5.75 Å². The number of hydrogen-bond acceptors (Lipinski definition) is 3. The number of H-pyrrole nitrogens is 1. The molecule has 0 bridgehead atoms. The van der Waals surface area contributed by atoms with E-state index in [0.29, 0.717) is 0 Å². The van der Waals surface area contributed by atoms with Crippen molar-refractivity contribution in [1.82, 2.24) is 14.5 Å². The van der Waals surface area contributed by atoms with Crippen LogP contribution in [0, 0.1) is 4.77 Å². The molecule has 0 spiro atoms. The Labute approximate surface area is 119 Å². The van der Waals surface area contributed by atoms with Crippen LogP contribution in [0.1, 0.15) is 13.8 Å². The van der Waals surface area contributed by atoms with E-state index < -0.39 is 0 Å². The van der Waals surface area contributed by atoms with E-state index in [-0.39, 0.29) is 5.54 Å². The van der Waals surface area contributed by atoms with Gasteiger partial charge in [-0.3, -0.25) is 0 Å². The van der Waals surface area contributed by atoms with Crippen molar-refractivity contribution in [3.63, 3.8) is 0 Å². The maximum Gasteiger partial charge on any atom is 0.178 e. The van der Waals surface area contributed by atoms with Gasteiger partial charge in [0.05, 0.1) is 12.6 Å². The van der Waals surface area contributed by atoms with Crippen LogP contribution < -0.4 is 4.74 Å². The number of aromatic nitrogens is 2. The van der Waals surface area contributed by atoms with E-state index in [0.717, 1.165) is 28.1 Å². The molecule has 19 heavy (non-hydrogen) atoms. The van der Waals surface area contributed by atoms with E-state index in [1.807, 2.05) is 12.1 Å². The number of aromatic amines is 1. The van der Waals surface area contributed by atoms with Crippen LogP contribution in [-0.4, -0.2) is 41.2 Å². The van der Waals surface area contributed by atoms with E-state index in [1.165, 1.54) is 0 Å². The fourth-order valence-corrected chi connectivity index (χ4v) is 2.27. The number of rotatable bonds is 4. The first-order valence-corrected chi connectivity index (χ1v) is 6.70. The molecule has 1 aromatic heterocycles. The van der Waals surface area contributed by atoms with E-state index in [1.54, 1.807) is 7.11 Å². The van der Waals surface area contributed by atoms with Crippen molar-refractivity contribution in [2.75, 3.05) is 21.2 Å². The summed E-state index contributed by atoms with van der Waals surface area (Å²) in [5.74, 6) is 0.824. The van der Waals surface area contributed by atoms with Crippen molar-refractivity contribution in [1.29, 1.82) is 0 Å². The minimum absolute atomic E-state index is 0.0242. The molecule has 2 aromatic rings. The van der Waals surface area contributed by atoms with Gasteiger partial charge in [-0.25, -0.2) is 0 Å². The molecule has 1 N–H and O–H groups in total. The van der Waals surface area contributed by atoms with E-state index in [4.69, 9.17) is 17.0 Å². The number of nitrogens with one attached hydrogen (secondary N) is 1. The zero-order valence-electron chi connectivity index (χ0n) is 12.2. The van der Waals surface area contributed by atoms with Crippen molar-refractivity contribution in [3.05, 3.63) is 23.0 Å². The third-order valence-electron chi connectivity index (χ3n) is 3.75. The fraction of sp³-hybridized carbons (Fsp3) is 0.500. The van der Waals surface area contributed by atoms with Gasteiger partial charge in [0.2, 0.25) is 0 Å². The summed E-state index contributed by atoms with van der Waals surface area (Å²) in [6.45, 7) is 5.23. The van der Waals surface area contributed by atoms with Crippen LogP contribution in [0.4, 0.5) is 0 Å². The Hall–Kier alpha value is -1.33. The summed E-state index contributed by atoms with van der Waals surface area (Å²) in [6.07, 6.45) is 0. The lowest BCUT2D eigenvalue weighted by Gasteiger charge is -2.33. The molecule has 0 saturated carbocycles. The van der Waals surface area contributed by atoms with Crippen molar-refractivity contribution in [3.8, 4) is 5.75 Å². The molecule has 0 fully saturated rings. The highest BCUT2D eigenvalue weighted by molar-refractivity contribution is 7.71. The van der Waals surface area contributed by atoms with Crippen molar-refractivity contribution < 1.29 is 4.74 Å². The molecule has 0 atom stereocenters. The highest BCUT2D eigenvalue weighted by atomic mass is 32.1. The van der Waals surface area contributed by atoms with Crippen molar-refractivity contribution in [2.24, 2.45) is 0 Å². The maximum atomic E-state index is 5.45. The zero-order chi connectivity index (χ0) is 14.2. The molecule has 1 heterocycles. The molecule has 104 valence electrons. The summed E-state index contributed by atoms with van der Waals surface area (Å²) in [6, 6.07) is 5.99. The number of hydrogen-bond donors (Lipinski definition) is 1. The van der Waals surface area contributed by atoms with E-state index >= 15 is 0 Å². The largest absolute Gasteiger partial charge is 0.494 e. The number of para-hydroxylation sites is 1. The Bertz CT molecular complexity index is 640. The quantitative estimate of drug-likeness (QED) is 0.873. The lowest BCUT2D eigenvalue weighted by Crippen LogP contribution is -2.42. The lowest BCUT2D eigenvalue weighted by atomic mass is 10.0. The number of likely N-dealkylation sites (N-methyl/N-ethyl adjacent to an activating group) is 1. The normalized spacial score (nSPS) is 12.3. The van der Waals surface area contributed by atoms with Gasteiger partial charge in [-0.15, -0.1) is 0 Å². The predicted molar refractivity (Wildman–Crippen MR) is 81.4 cm³/mol. The fourth-order valence-electron chi connectivity index (χ4n) is 2.01. The van der Waals surface area contributed by atoms with Gasteiger partial charge in [0, 0.05) is 12.1 Å². The summed E-state index contributed by atoms with van der Waals surface area (Å²) < 4.78 is 8.24. The molecule has 5 heteroatoms. The average molecular weight is 279 g/mol. The average Bonchev–Trinajstić information content (AvgIpc) is 2.65. The van der Waals surface area contributed by atoms with Gasteiger partial charge in [-0.2, -0.15) is 0 Å². The number of nitrogens with zero attached hydrogens (tertiary/aromatic N) is 2. The highest BCUT2D eigenvalue weighted by Crippen LogP contribution is 2.26. The number of fused-ring (bicyclic) bond motifs is 1. The number of imidazole rings is 1. The van der Waals surface area contributed by atoms with E-state index in [9.17, 15) is 0 Å². The molecule has 1 aromatic carbocycles. The van der Waals surface area contributed by atoms with Crippen LogP contribution in [0.25, 0.3) is 11.0 Å². The Morgan fingerprint density at radius 1 is 1.37 bits per heavy atom. The second-order valence-electron chi connectivity index (χ2n) is 5.58. The third kappa shape index (κ3) is 2.53. The summed E-state index contributed by atoms with van der Waals surface area (Å²) in [5.41, 5.74) is 2.07. The van der Waals surface area contributed by atoms with Gasteiger partial charge in [-0.1, -0.05) is 6.07 Å². The first-order valence-electron chi connectivity index (χ1n) is 6.30. The Kier molecular flexibility index (Phi) is 3.69. The molecule has 0 aliphatic rings. The van der Waals surface area contributed by atoms with Crippen LogP contribution in [0.2, 0.25) is 0 Å². The van der Waals surface area contributed by atoms with E-state index in [2.05, 4.69) is 48.5 Å². The SMILES string of the molecule is COc1cccc2c1[nH]c(=S)n2CC(C)(C)N(C)C. The van der Waals surface area contributed by atoms with Gasteiger partial charge >= 0.3 is 0 Å². The Balaban J connectivity index is 2.56. The Morgan fingerprint density at radius 2 is 2.05 bits per heavy atom. The topological polar surface area (TPSA) is 33.2 Å². The smallest absolute Gasteiger partial charge is 0.178 e. The standard InChI is InChI=1S/C14H21N3OS/c1-14(2,16(3)4)9-17-10-7-6-8-11(18-5)12(10)15-13(17)19/h6-8H,9H2,1-5H3,(H,15,19). The van der Waals surface area contributed by atoms with Crippen LogP contribution >= 0.6 is 12.2 Å². The lowest BCUT2D eigenvalue weighted by molar-refractivity contribution is 0.170. The number of benzene rings is 1. The molecule has 0 radical (unpaired) electrons. The zero-order valence-corrected chi connectivity index (χ0v) is 13.0. The van der Waals surface area contributed by atoms with Crippen LogP contribution in [0.3, 0.4) is 0 Å². The first-order chi connectivity index (χ1) is 8.86. The molecule has 0 unspecified atom stereocenters. The molecular formula is C14H21N3OS. The maximum absolute atomic E-state index is 5.45. The highest BCUT2D eigenvalue weighted by Gasteiger charge is 2.23. The summed E-state index contributed by atoms with van der Waals surface area (Å²) in [7, 11) is 5.84. The summed E-state index contributed by atoms with van der Waals surface area (Å²) in [4.78, 5) is 5.44. The summed E-state index contributed by atoms with van der Waals surface area (Å²) in [5, 5.41) is 0.